The van der Waals surface area contributed by atoms with E-state index in [1.165, 1.54) is 0 Å². The molecule has 5 aromatic rings. The zero-order chi connectivity index (χ0) is 29.9. The summed E-state index contributed by atoms with van der Waals surface area (Å²) in [4.78, 5) is 24.0. The van der Waals surface area contributed by atoms with Crippen molar-refractivity contribution in [3.05, 3.63) is 132 Å². The molecule has 6 rings (SSSR count). The minimum atomic E-state index is -0.236. The number of pyridine rings is 2. The van der Waals surface area contributed by atoms with E-state index in [4.69, 9.17) is 21.9 Å². The summed E-state index contributed by atoms with van der Waals surface area (Å²) in [5.74, 6) is 1.28. The fourth-order valence-electron chi connectivity index (χ4n) is 5.55. The van der Waals surface area contributed by atoms with Gasteiger partial charge in [0.15, 0.2) is 11.7 Å². The lowest BCUT2D eigenvalue weighted by Gasteiger charge is -2.28. The smallest absolute Gasteiger partial charge is 0.262 e. The van der Waals surface area contributed by atoms with Crippen molar-refractivity contribution in [3.63, 3.8) is 0 Å². The van der Waals surface area contributed by atoms with Crippen LogP contribution in [0.25, 0.3) is 5.82 Å². The number of aryl methyl sites for hydroxylation is 2. The quantitative estimate of drug-likeness (QED) is 0.203. The van der Waals surface area contributed by atoms with Gasteiger partial charge in [-0.3, -0.25) is 9.78 Å². The average Bonchev–Trinajstić information content (AvgIpc) is 3.52. The normalized spacial score (nSPS) is 16.2. The third kappa shape index (κ3) is 5.85. The van der Waals surface area contributed by atoms with Crippen molar-refractivity contribution in [1.29, 1.82) is 0 Å². The van der Waals surface area contributed by atoms with Gasteiger partial charge in [-0.25, -0.2) is 4.98 Å². The van der Waals surface area contributed by atoms with E-state index in [0.29, 0.717) is 16.5 Å². The van der Waals surface area contributed by atoms with Gasteiger partial charge >= 0.3 is 0 Å². The van der Waals surface area contributed by atoms with Gasteiger partial charge in [-0.15, -0.1) is 0 Å². The molecule has 1 fully saturated rings. The zero-order valence-electron chi connectivity index (χ0n) is 24.2. The Bertz CT molecular complexity index is 1740. The van der Waals surface area contributed by atoms with E-state index in [-0.39, 0.29) is 24.6 Å². The summed E-state index contributed by atoms with van der Waals surface area (Å²) in [5, 5.41) is 7.05. The Kier molecular flexibility index (Phi) is 7.89. The summed E-state index contributed by atoms with van der Waals surface area (Å²) >= 11 is 5.93. The molecule has 9 heteroatoms. The average molecular weight is 589 g/mol. The van der Waals surface area contributed by atoms with Crippen molar-refractivity contribution in [2.75, 3.05) is 16.8 Å². The molecule has 0 spiro atoms. The van der Waals surface area contributed by atoms with Crippen LogP contribution in [0.15, 0.2) is 103 Å². The zero-order valence-corrected chi connectivity index (χ0v) is 25.0. The van der Waals surface area contributed by atoms with E-state index >= 15 is 0 Å². The molecule has 2 N–H and O–H groups in total. The number of benzene rings is 2. The standard InChI is InChI=1S/C34H32N6O2S/c1-22-12-17-30(36-20-22)39-23(2)19-28(24(39)3)33-32(29-11-7-8-18-35-29)38-34(43)40(33)26-15-13-25(14-16-26)37-31(41)21-42-27-9-5-4-6-10-27/h4-20,32-33H,21H2,1-3H3,(H,37,41)(H,38,43). The second kappa shape index (κ2) is 12.1. The summed E-state index contributed by atoms with van der Waals surface area (Å²) in [7, 11) is 0. The summed E-state index contributed by atoms with van der Waals surface area (Å²) in [6.45, 7) is 6.17. The number of hydrogen-bond acceptors (Lipinski definition) is 5. The number of anilines is 2. The van der Waals surface area contributed by atoms with E-state index in [1.54, 1.807) is 6.20 Å². The number of carbonyl (C=O) groups is 1. The Morgan fingerprint density at radius 3 is 2.42 bits per heavy atom. The highest BCUT2D eigenvalue weighted by atomic mass is 32.1. The predicted molar refractivity (Wildman–Crippen MR) is 173 cm³/mol. The Labute approximate surface area is 256 Å². The van der Waals surface area contributed by atoms with Crippen molar-refractivity contribution in [3.8, 4) is 11.6 Å². The molecule has 1 amide bonds. The van der Waals surface area contributed by atoms with E-state index in [2.05, 4.69) is 51.1 Å². The molecule has 8 nitrogen and oxygen atoms in total. The first-order valence-electron chi connectivity index (χ1n) is 14.1. The summed E-state index contributed by atoms with van der Waals surface area (Å²) < 4.78 is 7.76. The van der Waals surface area contributed by atoms with E-state index in [1.807, 2.05) is 92.0 Å². The molecule has 1 aliphatic heterocycles. The van der Waals surface area contributed by atoms with Crippen molar-refractivity contribution in [2.24, 2.45) is 0 Å². The number of rotatable bonds is 8. The summed E-state index contributed by atoms with van der Waals surface area (Å²) in [6.07, 6.45) is 3.69. The number of amides is 1. The van der Waals surface area contributed by atoms with Crippen LogP contribution in [0.3, 0.4) is 0 Å². The number of nitrogens with zero attached hydrogens (tertiary/aromatic N) is 4. The van der Waals surface area contributed by atoms with Gasteiger partial charge in [0.1, 0.15) is 11.6 Å². The summed E-state index contributed by atoms with van der Waals surface area (Å²) in [5.41, 5.74) is 6.87. The van der Waals surface area contributed by atoms with Crippen LogP contribution in [-0.4, -0.2) is 32.2 Å². The molecule has 4 heterocycles. The van der Waals surface area contributed by atoms with Crippen molar-refractivity contribution in [1.82, 2.24) is 19.9 Å². The van der Waals surface area contributed by atoms with Gasteiger partial charge in [-0.2, -0.15) is 0 Å². The molecule has 0 aliphatic carbocycles. The van der Waals surface area contributed by atoms with E-state index < -0.39 is 0 Å². The summed E-state index contributed by atoms with van der Waals surface area (Å²) in [6, 6.07) is 28.9. The van der Waals surface area contributed by atoms with Gasteiger partial charge in [-0.05, 0) is 105 Å². The molecule has 2 aromatic carbocycles. The molecule has 3 aromatic heterocycles. The molecule has 1 aliphatic rings. The van der Waals surface area contributed by atoms with Gasteiger partial charge in [0, 0.05) is 35.2 Å². The highest BCUT2D eigenvalue weighted by Crippen LogP contribution is 2.43. The number of hydrogen-bond donors (Lipinski definition) is 2. The third-order valence-corrected chi connectivity index (χ3v) is 7.87. The first-order valence-corrected chi connectivity index (χ1v) is 14.5. The molecular formula is C34H32N6O2S. The minimum absolute atomic E-state index is 0.0782. The molecule has 0 radical (unpaired) electrons. The van der Waals surface area contributed by atoms with Crippen LogP contribution in [-0.2, 0) is 4.79 Å². The number of para-hydroxylation sites is 1. The van der Waals surface area contributed by atoms with Crippen molar-refractivity contribution >= 4 is 34.6 Å². The molecule has 2 unspecified atom stereocenters. The maximum absolute atomic E-state index is 12.5. The SMILES string of the molecule is Cc1ccc(-n2c(C)cc(C3C(c4ccccn4)NC(=S)N3c3ccc(NC(=O)COc4ccccc4)cc3)c2C)nc1. The second-order valence-electron chi connectivity index (χ2n) is 10.5. The third-order valence-electron chi connectivity index (χ3n) is 7.55. The number of aromatic nitrogens is 3. The van der Waals surface area contributed by atoms with Gasteiger partial charge < -0.3 is 24.8 Å². The number of carbonyl (C=O) groups excluding carboxylic acids is 1. The highest BCUT2D eigenvalue weighted by Gasteiger charge is 2.42. The number of nitrogens with one attached hydrogen (secondary N) is 2. The number of thiocarbonyl (C=S) groups is 1. The topological polar surface area (TPSA) is 84.3 Å². The molecule has 216 valence electrons. The van der Waals surface area contributed by atoms with Crippen LogP contribution < -0.4 is 20.3 Å². The fourth-order valence-corrected chi connectivity index (χ4v) is 5.89. The molecule has 1 saturated heterocycles. The number of ether oxygens (including phenoxy) is 1. The van der Waals surface area contributed by atoms with Crippen molar-refractivity contribution < 1.29 is 9.53 Å². The first-order chi connectivity index (χ1) is 20.9. The van der Waals surface area contributed by atoms with Crippen LogP contribution in [0.2, 0.25) is 0 Å². The van der Waals surface area contributed by atoms with Crippen LogP contribution in [0.5, 0.6) is 5.75 Å². The second-order valence-corrected chi connectivity index (χ2v) is 10.9. The first kappa shape index (κ1) is 28.1. The lowest BCUT2D eigenvalue weighted by molar-refractivity contribution is -0.118. The Morgan fingerprint density at radius 2 is 1.72 bits per heavy atom. The predicted octanol–water partition coefficient (Wildman–Crippen LogP) is 6.39. The van der Waals surface area contributed by atoms with Crippen LogP contribution in [0.4, 0.5) is 11.4 Å². The van der Waals surface area contributed by atoms with Crippen LogP contribution in [0.1, 0.15) is 40.3 Å². The monoisotopic (exact) mass is 588 g/mol. The molecule has 0 saturated carbocycles. The van der Waals surface area contributed by atoms with Gasteiger partial charge in [0.2, 0.25) is 0 Å². The van der Waals surface area contributed by atoms with Gasteiger partial charge in [0.05, 0.1) is 17.8 Å². The molecular weight excluding hydrogens is 556 g/mol. The Hall–Kier alpha value is -5.02. The Balaban J connectivity index is 1.30. The van der Waals surface area contributed by atoms with E-state index in [9.17, 15) is 4.79 Å². The molecule has 2 atom stereocenters. The van der Waals surface area contributed by atoms with Crippen molar-refractivity contribution in [2.45, 2.75) is 32.9 Å². The Morgan fingerprint density at radius 1 is 0.953 bits per heavy atom. The lowest BCUT2D eigenvalue weighted by atomic mass is 9.96. The maximum atomic E-state index is 12.5. The molecule has 0 bridgehead atoms. The van der Waals surface area contributed by atoms with Crippen LogP contribution in [0, 0.1) is 20.8 Å². The molecule has 43 heavy (non-hydrogen) atoms. The lowest BCUT2D eigenvalue weighted by Crippen LogP contribution is -2.29. The van der Waals surface area contributed by atoms with E-state index in [0.717, 1.165) is 39.7 Å². The van der Waals surface area contributed by atoms with Crippen LogP contribution >= 0.6 is 12.2 Å². The minimum Gasteiger partial charge on any atom is -0.484 e. The fraction of sp³-hybridized carbons (Fsp3) is 0.176. The maximum Gasteiger partial charge on any atom is 0.262 e. The largest absolute Gasteiger partial charge is 0.484 e. The van der Waals surface area contributed by atoms with Gasteiger partial charge in [0.25, 0.3) is 5.91 Å². The van der Waals surface area contributed by atoms with Gasteiger partial charge in [-0.1, -0.05) is 30.3 Å². The highest BCUT2D eigenvalue weighted by molar-refractivity contribution is 7.80.